The Labute approximate surface area is 153 Å². The number of benzene rings is 2. The van der Waals surface area contributed by atoms with E-state index in [9.17, 15) is 5.11 Å². The summed E-state index contributed by atoms with van der Waals surface area (Å²) in [4.78, 5) is 1.08. The summed E-state index contributed by atoms with van der Waals surface area (Å²) < 4.78 is 0. The number of hydrogen-bond donors (Lipinski definition) is 2. The standard InChI is InChI=1S/C20H15N3O2S/c1-12(23-25)19-18(24)16-15(13-8-4-2-5-9-13)17(21-22-20(16)26-19)14-10-6-3-7-11-14/h2-11,24-25H,1H3/b23-12+. The molecule has 0 spiro atoms. The van der Waals surface area contributed by atoms with Gasteiger partial charge in [-0.05, 0) is 12.5 Å². The molecule has 4 aromatic rings. The Kier molecular flexibility index (Phi) is 4.10. The zero-order valence-electron chi connectivity index (χ0n) is 13.9. The maximum Gasteiger partial charge on any atom is 0.151 e. The van der Waals surface area contributed by atoms with Crippen molar-refractivity contribution < 1.29 is 10.3 Å². The maximum absolute atomic E-state index is 10.9. The third kappa shape index (κ3) is 2.60. The van der Waals surface area contributed by atoms with Crippen LogP contribution in [0.3, 0.4) is 0 Å². The molecule has 0 atom stereocenters. The molecule has 4 rings (SSSR count). The van der Waals surface area contributed by atoms with Gasteiger partial charge in [0.25, 0.3) is 0 Å². The lowest BCUT2D eigenvalue weighted by molar-refractivity contribution is 0.319. The lowest BCUT2D eigenvalue weighted by Gasteiger charge is -2.10. The van der Waals surface area contributed by atoms with Gasteiger partial charge in [0.1, 0.15) is 11.4 Å². The van der Waals surface area contributed by atoms with Crippen LogP contribution in [0.25, 0.3) is 32.6 Å². The molecule has 2 aromatic heterocycles. The average molecular weight is 361 g/mol. The van der Waals surface area contributed by atoms with Gasteiger partial charge in [-0.25, -0.2) is 0 Å². The fourth-order valence-corrected chi connectivity index (χ4v) is 3.91. The molecule has 0 fully saturated rings. The van der Waals surface area contributed by atoms with Crippen LogP contribution in [-0.4, -0.2) is 26.2 Å². The van der Waals surface area contributed by atoms with Gasteiger partial charge in [0.2, 0.25) is 0 Å². The predicted octanol–water partition coefficient (Wildman–Crippen LogP) is 4.93. The molecule has 0 aliphatic rings. The summed E-state index contributed by atoms with van der Waals surface area (Å²) in [5, 5.41) is 32.5. The fourth-order valence-electron chi connectivity index (χ4n) is 2.95. The van der Waals surface area contributed by atoms with Gasteiger partial charge in [-0.2, -0.15) is 0 Å². The van der Waals surface area contributed by atoms with Gasteiger partial charge < -0.3 is 10.3 Å². The molecule has 2 N–H and O–H groups in total. The second kappa shape index (κ2) is 6.57. The molecule has 26 heavy (non-hydrogen) atoms. The Morgan fingerprint density at radius 1 is 0.923 bits per heavy atom. The Morgan fingerprint density at radius 3 is 2.15 bits per heavy atom. The number of aromatic hydroxyl groups is 1. The average Bonchev–Trinajstić information content (AvgIpc) is 3.05. The Morgan fingerprint density at radius 2 is 1.54 bits per heavy atom. The molecule has 0 bridgehead atoms. The number of thiophene rings is 1. The highest BCUT2D eigenvalue weighted by atomic mass is 32.1. The van der Waals surface area contributed by atoms with Gasteiger partial charge >= 0.3 is 0 Å². The predicted molar refractivity (Wildman–Crippen MR) is 104 cm³/mol. The number of nitrogens with zero attached hydrogens (tertiary/aromatic N) is 3. The minimum absolute atomic E-state index is 0.0613. The van der Waals surface area contributed by atoms with Gasteiger partial charge in [-0.3, -0.25) is 0 Å². The molecule has 0 unspecified atom stereocenters. The van der Waals surface area contributed by atoms with Crippen LogP contribution >= 0.6 is 11.3 Å². The van der Waals surface area contributed by atoms with E-state index >= 15 is 0 Å². The highest BCUT2D eigenvalue weighted by Crippen LogP contribution is 2.44. The van der Waals surface area contributed by atoms with Crippen LogP contribution in [0.2, 0.25) is 0 Å². The van der Waals surface area contributed by atoms with Crippen molar-refractivity contribution in [2.24, 2.45) is 5.16 Å². The Balaban J connectivity index is 2.12. The molecule has 2 aromatic carbocycles. The molecule has 0 aliphatic carbocycles. The number of oxime groups is 1. The zero-order valence-corrected chi connectivity index (χ0v) is 14.7. The first kappa shape index (κ1) is 16.2. The van der Waals surface area contributed by atoms with E-state index in [2.05, 4.69) is 15.4 Å². The molecular formula is C20H15N3O2S. The van der Waals surface area contributed by atoms with Crippen molar-refractivity contribution in [1.82, 2.24) is 10.2 Å². The number of rotatable bonds is 3. The van der Waals surface area contributed by atoms with E-state index in [0.717, 1.165) is 16.7 Å². The highest BCUT2D eigenvalue weighted by molar-refractivity contribution is 7.21. The largest absolute Gasteiger partial charge is 0.506 e. The minimum atomic E-state index is 0.0613. The second-order valence-electron chi connectivity index (χ2n) is 5.80. The molecule has 2 heterocycles. The molecular weight excluding hydrogens is 346 g/mol. The summed E-state index contributed by atoms with van der Waals surface area (Å²) in [6.07, 6.45) is 0. The van der Waals surface area contributed by atoms with Crippen LogP contribution in [0.15, 0.2) is 65.8 Å². The molecule has 0 radical (unpaired) electrons. The molecule has 0 amide bonds. The van der Waals surface area contributed by atoms with Gasteiger partial charge in [-0.15, -0.1) is 21.5 Å². The van der Waals surface area contributed by atoms with Crippen molar-refractivity contribution in [2.75, 3.05) is 0 Å². The van der Waals surface area contributed by atoms with Crippen LogP contribution in [-0.2, 0) is 0 Å². The summed E-state index contributed by atoms with van der Waals surface area (Å²) in [6.45, 7) is 1.64. The van der Waals surface area contributed by atoms with Crippen LogP contribution in [0.4, 0.5) is 0 Å². The van der Waals surface area contributed by atoms with Crippen molar-refractivity contribution >= 4 is 27.3 Å². The minimum Gasteiger partial charge on any atom is -0.506 e. The number of fused-ring (bicyclic) bond motifs is 1. The normalized spacial score (nSPS) is 11.8. The van der Waals surface area contributed by atoms with Crippen LogP contribution in [0, 0.1) is 0 Å². The van der Waals surface area contributed by atoms with E-state index in [1.165, 1.54) is 11.3 Å². The van der Waals surface area contributed by atoms with E-state index in [4.69, 9.17) is 5.21 Å². The van der Waals surface area contributed by atoms with Crippen LogP contribution in [0.1, 0.15) is 11.8 Å². The summed E-state index contributed by atoms with van der Waals surface area (Å²) in [5.74, 6) is 0.0613. The van der Waals surface area contributed by atoms with Crippen molar-refractivity contribution in [1.29, 1.82) is 0 Å². The molecule has 0 aliphatic heterocycles. The first-order chi connectivity index (χ1) is 12.7. The van der Waals surface area contributed by atoms with Crippen LogP contribution in [0.5, 0.6) is 5.75 Å². The van der Waals surface area contributed by atoms with E-state index in [1.54, 1.807) is 6.92 Å². The van der Waals surface area contributed by atoms with E-state index < -0.39 is 0 Å². The van der Waals surface area contributed by atoms with Gasteiger partial charge in [0, 0.05) is 11.1 Å². The zero-order chi connectivity index (χ0) is 18.1. The lowest BCUT2D eigenvalue weighted by atomic mass is 9.97. The molecule has 5 nitrogen and oxygen atoms in total. The first-order valence-electron chi connectivity index (χ1n) is 8.02. The number of aromatic nitrogens is 2. The van der Waals surface area contributed by atoms with Crippen LogP contribution < -0.4 is 0 Å². The molecule has 0 saturated carbocycles. The van der Waals surface area contributed by atoms with Crippen molar-refractivity contribution in [3.05, 3.63) is 65.5 Å². The summed E-state index contributed by atoms with van der Waals surface area (Å²) in [5.41, 5.74) is 3.70. The van der Waals surface area contributed by atoms with Crippen molar-refractivity contribution in [2.45, 2.75) is 6.92 Å². The van der Waals surface area contributed by atoms with E-state index in [0.29, 0.717) is 26.5 Å². The fraction of sp³-hybridized carbons (Fsp3) is 0.0500. The monoisotopic (exact) mass is 361 g/mol. The molecule has 128 valence electrons. The lowest BCUT2D eigenvalue weighted by Crippen LogP contribution is -1.93. The Bertz CT molecular complexity index is 1110. The van der Waals surface area contributed by atoms with Crippen molar-refractivity contribution in [3.8, 4) is 28.1 Å². The summed E-state index contributed by atoms with van der Waals surface area (Å²) >= 11 is 1.25. The van der Waals surface area contributed by atoms with Gasteiger partial charge in [0.05, 0.1) is 16.0 Å². The summed E-state index contributed by atoms with van der Waals surface area (Å²) in [6, 6.07) is 19.6. The topological polar surface area (TPSA) is 78.6 Å². The third-order valence-corrected chi connectivity index (χ3v) is 5.35. The highest BCUT2D eigenvalue weighted by Gasteiger charge is 2.23. The first-order valence-corrected chi connectivity index (χ1v) is 8.84. The summed E-state index contributed by atoms with van der Waals surface area (Å²) in [7, 11) is 0. The maximum atomic E-state index is 10.9. The molecule has 0 saturated heterocycles. The third-order valence-electron chi connectivity index (χ3n) is 4.18. The van der Waals surface area contributed by atoms with E-state index in [1.807, 2.05) is 60.7 Å². The Hall–Kier alpha value is -3.25. The second-order valence-corrected chi connectivity index (χ2v) is 6.80. The van der Waals surface area contributed by atoms with Gasteiger partial charge in [-0.1, -0.05) is 65.8 Å². The SMILES string of the molecule is C/C(=N\O)c1sc2nnc(-c3ccccc3)c(-c3ccccc3)c2c1O. The van der Waals surface area contributed by atoms with E-state index in [-0.39, 0.29) is 5.75 Å². The quantitative estimate of drug-likeness (QED) is 0.308. The molecule has 6 heteroatoms. The smallest absolute Gasteiger partial charge is 0.151 e. The van der Waals surface area contributed by atoms with Gasteiger partial charge in [0.15, 0.2) is 4.83 Å². The number of hydrogen-bond acceptors (Lipinski definition) is 6. The van der Waals surface area contributed by atoms with Crippen molar-refractivity contribution in [3.63, 3.8) is 0 Å².